The van der Waals surface area contributed by atoms with Gasteiger partial charge in [-0.3, -0.25) is 9.59 Å². The summed E-state index contributed by atoms with van der Waals surface area (Å²) in [6.45, 7) is 5.02. The van der Waals surface area contributed by atoms with Crippen LogP contribution in [0.25, 0.3) is 5.78 Å². The maximum Gasteiger partial charge on any atom is 0.311 e. The minimum Gasteiger partial charge on any atom is -0.452 e. The third-order valence-corrected chi connectivity index (χ3v) is 3.02. The number of hydrogen-bond acceptors (Lipinski definition) is 6. The first kappa shape index (κ1) is 13.9. The molecule has 0 radical (unpaired) electrons. The molecule has 106 valence electrons. The van der Waals surface area contributed by atoms with Crippen molar-refractivity contribution >= 4 is 17.7 Å². The van der Waals surface area contributed by atoms with E-state index < -0.39 is 18.0 Å². The summed E-state index contributed by atoms with van der Waals surface area (Å²) >= 11 is 0. The lowest BCUT2D eigenvalue weighted by molar-refractivity contribution is -0.153. The van der Waals surface area contributed by atoms with Gasteiger partial charge in [-0.05, 0) is 20.8 Å². The van der Waals surface area contributed by atoms with E-state index in [1.165, 1.54) is 13.3 Å². The first-order chi connectivity index (χ1) is 9.40. The van der Waals surface area contributed by atoms with Gasteiger partial charge in [0.2, 0.25) is 0 Å². The van der Waals surface area contributed by atoms with Crippen LogP contribution in [0.4, 0.5) is 0 Å². The molecule has 0 spiro atoms. The molecule has 0 aliphatic heterocycles. The third-order valence-electron chi connectivity index (χ3n) is 3.02. The van der Waals surface area contributed by atoms with Gasteiger partial charge in [-0.15, -0.1) is 0 Å². The highest BCUT2D eigenvalue weighted by molar-refractivity contribution is 5.82. The molecular formula is C12H15N5O3. The second-order valence-corrected chi connectivity index (χ2v) is 4.44. The van der Waals surface area contributed by atoms with Gasteiger partial charge in [0.15, 0.2) is 6.10 Å². The van der Waals surface area contributed by atoms with Gasteiger partial charge in [0.25, 0.3) is 11.7 Å². The molecule has 2 rings (SSSR count). The first-order valence-electron chi connectivity index (χ1n) is 6.04. The van der Waals surface area contributed by atoms with Crippen LogP contribution in [0.3, 0.4) is 0 Å². The Morgan fingerprint density at radius 2 is 2.15 bits per heavy atom. The number of amides is 1. The van der Waals surface area contributed by atoms with E-state index in [2.05, 4.69) is 15.1 Å². The third kappa shape index (κ3) is 2.58. The summed E-state index contributed by atoms with van der Waals surface area (Å²) in [5.74, 6) is -0.747. The zero-order valence-electron chi connectivity index (χ0n) is 11.5. The van der Waals surface area contributed by atoms with E-state index in [0.29, 0.717) is 17.0 Å². The lowest BCUT2D eigenvalue weighted by atomic mass is 10.1. The Balaban J connectivity index is 2.25. The molecule has 2 aromatic heterocycles. The predicted octanol–water partition coefficient (Wildman–Crippen LogP) is -0.299. The van der Waals surface area contributed by atoms with E-state index in [1.54, 1.807) is 11.4 Å². The average Bonchev–Trinajstić information content (AvgIpc) is 2.82. The molecule has 0 fully saturated rings. The van der Waals surface area contributed by atoms with Crippen molar-refractivity contribution in [2.45, 2.75) is 33.3 Å². The highest BCUT2D eigenvalue weighted by Crippen LogP contribution is 2.14. The fraction of sp³-hybridized carbons (Fsp3) is 0.417. The number of aryl methyl sites for hydroxylation is 2. The van der Waals surface area contributed by atoms with Crippen molar-refractivity contribution in [3.63, 3.8) is 0 Å². The van der Waals surface area contributed by atoms with E-state index in [-0.39, 0.29) is 6.42 Å². The number of ether oxygens (including phenoxy) is 1. The second kappa shape index (κ2) is 5.24. The van der Waals surface area contributed by atoms with Crippen molar-refractivity contribution in [3.05, 3.63) is 23.3 Å². The minimum absolute atomic E-state index is 0.00190. The number of rotatable bonds is 4. The van der Waals surface area contributed by atoms with Gasteiger partial charge in [0.1, 0.15) is 6.33 Å². The Bertz CT molecular complexity index is 679. The Hall–Kier alpha value is -2.51. The van der Waals surface area contributed by atoms with Gasteiger partial charge in [0.05, 0.1) is 6.42 Å². The van der Waals surface area contributed by atoms with Gasteiger partial charge in [0, 0.05) is 17.0 Å². The summed E-state index contributed by atoms with van der Waals surface area (Å²) in [5, 5.41) is 4.03. The van der Waals surface area contributed by atoms with Gasteiger partial charge in [-0.1, -0.05) is 0 Å². The van der Waals surface area contributed by atoms with Crippen LogP contribution in [0.15, 0.2) is 6.33 Å². The summed E-state index contributed by atoms with van der Waals surface area (Å²) < 4.78 is 6.48. The topological polar surface area (TPSA) is 112 Å². The molecule has 0 saturated heterocycles. The molecule has 0 aliphatic carbocycles. The average molecular weight is 277 g/mol. The Kier molecular flexibility index (Phi) is 3.64. The summed E-state index contributed by atoms with van der Waals surface area (Å²) in [4.78, 5) is 30.9. The predicted molar refractivity (Wildman–Crippen MR) is 68.7 cm³/mol. The van der Waals surface area contributed by atoms with Crippen molar-refractivity contribution in [1.29, 1.82) is 0 Å². The second-order valence-electron chi connectivity index (χ2n) is 4.44. The number of carbonyl (C=O) groups is 2. The molecule has 0 aliphatic rings. The number of primary amides is 1. The maximum absolute atomic E-state index is 11.8. The van der Waals surface area contributed by atoms with Crippen LogP contribution in [-0.4, -0.2) is 37.6 Å². The Morgan fingerprint density at radius 3 is 2.80 bits per heavy atom. The van der Waals surface area contributed by atoms with Gasteiger partial charge >= 0.3 is 5.97 Å². The van der Waals surface area contributed by atoms with Gasteiger partial charge in [-0.2, -0.15) is 10.1 Å². The quantitative estimate of drug-likeness (QED) is 0.768. The van der Waals surface area contributed by atoms with Crippen LogP contribution in [0, 0.1) is 13.8 Å². The zero-order valence-corrected chi connectivity index (χ0v) is 11.5. The number of carbonyl (C=O) groups excluding carboxylic acids is 2. The molecule has 0 bridgehead atoms. The normalized spacial score (nSPS) is 12.3. The minimum atomic E-state index is -0.953. The molecule has 1 atom stereocenters. The molecule has 1 amide bonds. The highest BCUT2D eigenvalue weighted by Gasteiger charge is 2.18. The van der Waals surface area contributed by atoms with Crippen molar-refractivity contribution in [2.75, 3.05) is 0 Å². The van der Waals surface area contributed by atoms with Crippen LogP contribution < -0.4 is 5.73 Å². The van der Waals surface area contributed by atoms with Crippen LogP contribution in [0.5, 0.6) is 0 Å². The molecule has 20 heavy (non-hydrogen) atoms. The van der Waals surface area contributed by atoms with Crippen molar-refractivity contribution < 1.29 is 14.3 Å². The van der Waals surface area contributed by atoms with E-state index in [4.69, 9.17) is 10.5 Å². The number of nitrogens with zero attached hydrogens (tertiary/aromatic N) is 4. The number of fused-ring (bicyclic) bond motifs is 1. The van der Waals surface area contributed by atoms with Crippen molar-refractivity contribution in [2.24, 2.45) is 5.73 Å². The molecular weight excluding hydrogens is 262 g/mol. The van der Waals surface area contributed by atoms with E-state index >= 15 is 0 Å². The Morgan fingerprint density at radius 1 is 1.45 bits per heavy atom. The summed E-state index contributed by atoms with van der Waals surface area (Å²) in [6.07, 6.45) is 0.440. The van der Waals surface area contributed by atoms with Gasteiger partial charge in [-0.25, -0.2) is 9.50 Å². The molecule has 0 aromatic carbocycles. The zero-order chi connectivity index (χ0) is 14.9. The molecule has 8 nitrogen and oxygen atoms in total. The lowest BCUT2D eigenvalue weighted by Gasteiger charge is -2.12. The lowest BCUT2D eigenvalue weighted by Crippen LogP contribution is -2.31. The number of aromatic nitrogens is 4. The monoisotopic (exact) mass is 277 g/mol. The summed E-state index contributed by atoms with van der Waals surface area (Å²) in [7, 11) is 0. The fourth-order valence-corrected chi connectivity index (χ4v) is 1.85. The molecule has 0 unspecified atom stereocenters. The van der Waals surface area contributed by atoms with Crippen LogP contribution in [-0.2, 0) is 20.7 Å². The number of nitrogens with two attached hydrogens (primary N) is 1. The first-order valence-corrected chi connectivity index (χ1v) is 6.04. The van der Waals surface area contributed by atoms with Crippen LogP contribution in [0.1, 0.15) is 23.9 Å². The standard InChI is InChI=1S/C12H15N5O3/c1-6-9(4-10(18)20-8(3)11(13)19)7(2)17-12(16-6)14-5-15-17/h5,8H,4H2,1-3H3,(H2,13,19)/t8-/m1/s1. The highest BCUT2D eigenvalue weighted by atomic mass is 16.5. The van der Waals surface area contributed by atoms with Crippen molar-refractivity contribution in [1.82, 2.24) is 19.6 Å². The van der Waals surface area contributed by atoms with E-state index in [1.807, 2.05) is 6.92 Å². The maximum atomic E-state index is 11.8. The SMILES string of the molecule is Cc1nc2ncnn2c(C)c1CC(=O)O[C@H](C)C(N)=O. The Labute approximate surface area is 115 Å². The molecule has 2 aromatic rings. The fourth-order valence-electron chi connectivity index (χ4n) is 1.85. The summed E-state index contributed by atoms with van der Waals surface area (Å²) in [5.41, 5.74) is 7.18. The largest absolute Gasteiger partial charge is 0.452 e. The summed E-state index contributed by atoms with van der Waals surface area (Å²) in [6, 6.07) is 0. The number of esters is 1. The molecule has 2 heterocycles. The van der Waals surface area contributed by atoms with Crippen molar-refractivity contribution in [3.8, 4) is 0 Å². The molecule has 2 N–H and O–H groups in total. The van der Waals surface area contributed by atoms with Crippen LogP contribution >= 0.6 is 0 Å². The van der Waals surface area contributed by atoms with E-state index in [9.17, 15) is 9.59 Å². The smallest absolute Gasteiger partial charge is 0.311 e. The molecule has 8 heteroatoms. The molecule has 0 saturated carbocycles. The van der Waals surface area contributed by atoms with Gasteiger partial charge < -0.3 is 10.5 Å². The van der Waals surface area contributed by atoms with Crippen LogP contribution in [0.2, 0.25) is 0 Å². The number of hydrogen-bond donors (Lipinski definition) is 1. The van der Waals surface area contributed by atoms with E-state index in [0.717, 1.165) is 5.69 Å².